The van der Waals surface area contributed by atoms with Gasteiger partial charge in [0.1, 0.15) is 6.29 Å². The molecule has 1 N–H and O–H groups in total. The Morgan fingerprint density at radius 2 is 2.06 bits per heavy atom. The molecular formula is C12H13NO3. The standard InChI is InChI=1S/C12H13NO3/c14-8-11-6-10(7-13(11)12(15)16)9-4-2-1-3-5-9/h1-5,8,10-11H,6-7H2,(H,15,16). The van der Waals surface area contributed by atoms with E-state index in [1.807, 2.05) is 30.3 Å². The molecule has 1 heterocycles. The molecule has 2 unspecified atom stereocenters. The van der Waals surface area contributed by atoms with Crippen molar-refractivity contribution in [3.05, 3.63) is 35.9 Å². The number of hydrogen-bond acceptors (Lipinski definition) is 2. The summed E-state index contributed by atoms with van der Waals surface area (Å²) in [7, 11) is 0. The van der Waals surface area contributed by atoms with Gasteiger partial charge >= 0.3 is 6.09 Å². The summed E-state index contributed by atoms with van der Waals surface area (Å²) < 4.78 is 0. The van der Waals surface area contributed by atoms with Gasteiger partial charge in [0, 0.05) is 12.5 Å². The molecule has 1 aliphatic heterocycles. The Balaban J connectivity index is 2.17. The summed E-state index contributed by atoms with van der Waals surface area (Å²) in [5.41, 5.74) is 1.10. The van der Waals surface area contributed by atoms with Crippen LogP contribution in [0.5, 0.6) is 0 Å². The second-order valence-corrected chi connectivity index (χ2v) is 3.98. The molecule has 0 bridgehead atoms. The van der Waals surface area contributed by atoms with E-state index in [4.69, 9.17) is 5.11 Å². The van der Waals surface area contributed by atoms with Crippen molar-refractivity contribution in [2.75, 3.05) is 6.54 Å². The van der Waals surface area contributed by atoms with Crippen molar-refractivity contribution in [3.8, 4) is 0 Å². The van der Waals surface area contributed by atoms with Gasteiger partial charge in [-0.1, -0.05) is 30.3 Å². The highest BCUT2D eigenvalue weighted by Crippen LogP contribution is 2.30. The van der Waals surface area contributed by atoms with Crippen LogP contribution < -0.4 is 0 Å². The van der Waals surface area contributed by atoms with Crippen molar-refractivity contribution in [1.82, 2.24) is 4.90 Å². The molecule has 4 nitrogen and oxygen atoms in total. The number of amides is 1. The third-order valence-electron chi connectivity index (χ3n) is 3.02. The van der Waals surface area contributed by atoms with Crippen LogP contribution in [-0.2, 0) is 4.79 Å². The van der Waals surface area contributed by atoms with Gasteiger partial charge < -0.3 is 9.90 Å². The van der Waals surface area contributed by atoms with Gasteiger partial charge in [-0.3, -0.25) is 4.90 Å². The van der Waals surface area contributed by atoms with E-state index in [-0.39, 0.29) is 5.92 Å². The number of rotatable bonds is 2. The molecule has 1 saturated heterocycles. The number of carboxylic acid groups (broad SMARTS) is 1. The summed E-state index contributed by atoms with van der Waals surface area (Å²) >= 11 is 0. The quantitative estimate of drug-likeness (QED) is 0.770. The average molecular weight is 219 g/mol. The fraction of sp³-hybridized carbons (Fsp3) is 0.333. The van der Waals surface area contributed by atoms with E-state index in [0.717, 1.165) is 11.8 Å². The van der Waals surface area contributed by atoms with E-state index < -0.39 is 12.1 Å². The minimum atomic E-state index is -1.02. The average Bonchev–Trinajstić information content (AvgIpc) is 2.74. The maximum Gasteiger partial charge on any atom is 0.407 e. The van der Waals surface area contributed by atoms with Crippen molar-refractivity contribution >= 4 is 12.4 Å². The van der Waals surface area contributed by atoms with Crippen LogP contribution >= 0.6 is 0 Å². The van der Waals surface area contributed by atoms with Crippen LogP contribution in [0.4, 0.5) is 4.79 Å². The summed E-state index contributed by atoms with van der Waals surface area (Å²) in [6, 6.07) is 9.21. The lowest BCUT2D eigenvalue weighted by Crippen LogP contribution is -2.35. The predicted octanol–water partition coefficient (Wildman–Crippen LogP) is 1.72. The van der Waals surface area contributed by atoms with Gasteiger partial charge in [0.25, 0.3) is 0 Å². The molecule has 1 amide bonds. The molecule has 0 aliphatic carbocycles. The van der Waals surface area contributed by atoms with Gasteiger partial charge in [-0.25, -0.2) is 4.79 Å². The number of hydrogen-bond donors (Lipinski definition) is 1. The zero-order valence-electron chi connectivity index (χ0n) is 8.74. The van der Waals surface area contributed by atoms with Crippen LogP contribution in [0.3, 0.4) is 0 Å². The van der Waals surface area contributed by atoms with Crippen LogP contribution in [0.25, 0.3) is 0 Å². The minimum absolute atomic E-state index is 0.132. The van der Waals surface area contributed by atoms with Crippen molar-refractivity contribution in [3.63, 3.8) is 0 Å². The molecule has 0 radical (unpaired) electrons. The fourth-order valence-corrected chi connectivity index (χ4v) is 2.18. The molecule has 1 fully saturated rings. The minimum Gasteiger partial charge on any atom is -0.465 e. The molecule has 1 aromatic rings. The van der Waals surface area contributed by atoms with Crippen LogP contribution in [0, 0.1) is 0 Å². The van der Waals surface area contributed by atoms with E-state index >= 15 is 0 Å². The maximum atomic E-state index is 10.9. The molecule has 84 valence electrons. The first-order valence-corrected chi connectivity index (χ1v) is 5.22. The van der Waals surface area contributed by atoms with E-state index in [1.165, 1.54) is 4.90 Å². The SMILES string of the molecule is O=CC1CC(c2ccccc2)CN1C(=O)O. The third-order valence-corrected chi connectivity index (χ3v) is 3.02. The maximum absolute atomic E-state index is 10.9. The monoisotopic (exact) mass is 219 g/mol. The molecule has 4 heteroatoms. The number of likely N-dealkylation sites (tertiary alicyclic amines) is 1. The van der Waals surface area contributed by atoms with Crippen LogP contribution in [0.2, 0.25) is 0 Å². The summed E-state index contributed by atoms with van der Waals surface area (Å²) in [6.07, 6.45) is 0.284. The second-order valence-electron chi connectivity index (χ2n) is 3.98. The number of nitrogens with zero attached hydrogens (tertiary/aromatic N) is 1. The lowest BCUT2D eigenvalue weighted by molar-refractivity contribution is -0.111. The Bertz CT molecular complexity index is 391. The van der Waals surface area contributed by atoms with Crippen LogP contribution in [0.15, 0.2) is 30.3 Å². The zero-order chi connectivity index (χ0) is 11.5. The first-order chi connectivity index (χ1) is 7.72. The van der Waals surface area contributed by atoms with E-state index in [2.05, 4.69) is 0 Å². The molecule has 2 atom stereocenters. The smallest absolute Gasteiger partial charge is 0.407 e. The van der Waals surface area contributed by atoms with Crippen molar-refractivity contribution in [2.45, 2.75) is 18.4 Å². The van der Waals surface area contributed by atoms with Gasteiger partial charge in [0.2, 0.25) is 0 Å². The van der Waals surface area contributed by atoms with Gasteiger partial charge in [-0.15, -0.1) is 0 Å². The largest absolute Gasteiger partial charge is 0.465 e. The zero-order valence-corrected chi connectivity index (χ0v) is 8.74. The Labute approximate surface area is 93.5 Å². The molecular weight excluding hydrogens is 206 g/mol. The van der Waals surface area contributed by atoms with Gasteiger partial charge in [-0.2, -0.15) is 0 Å². The topological polar surface area (TPSA) is 57.6 Å². The Hall–Kier alpha value is -1.84. The number of aldehydes is 1. The molecule has 2 rings (SSSR count). The molecule has 0 aromatic heterocycles. The van der Waals surface area contributed by atoms with Gasteiger partial charge in [-0.05, 0) is 12.0 Å². The Morgan fingerprint density at radius 1 is 1.38 bits per heavy atom. The summed E-state index contributed by atoms with van der Waals surface area (Å²) in [5.74, 6) is 0.132. The lowest BCUT2D eigenvalue weighted by Gasteiger charge is -2.15. The first kappa shape index (κ1) is 10.7. The van der Waals surface area contributed by atoms with E-state index in [1.54, 1.807) is 0 Å². The van der Waals surface area contributed by atoms with E-state index in [0.29, 0.717) is 13.0 Å². The number of benzene rings is 1. The van der Waals surface area contributed by atoms with Crippen molar-refractivity contribution in [1.29, 1.82) is 0 Å². The Kier molecular flexibility index (Phi) is 2.90. The molecule has 16 heavy (non-hydrogen) atoms. The van der Waals surface area contributed by atoms with Crippen LogP contribution in [-0.4, -0.2) is 35.0 Å². The highest BCUT2D eigenvalue weighted by Gasteiger charge is 2.35. The van der Waals surface area contributed by atoms with Gasteiger partial charge in [0.15, 0.2) is 0 Å². The van der Waals surface area contributed by atoms with Crippen molar-refractivity contribution < 1.29 is 14.7 Å². The number of carbonyl (C=O) groups excluding carboxylic acids is 1. The second kappa shape index (κ2) is 4.35. The number of carbonyl (C=O) groups is 2. The predicted molar refractivity (Wildman–Crippen MR) is 58.4 cm³/mol. The highest BCUT2D eigenvalue weighted by molar-refractivity contribution is 5.73. The molecule has 1 aliphatic rings. The summed E-state index contributed by atoms with van der Waals surface area (Å²) in [6.45, 7) is 0.406. The summed E-state index contributed by atoms with van der Waals surface area (Å²) in [5, 5.41) is 8.95. The fourth-order valence-electron chi connectivity index (χ4n) is 2.18. The molecule has 1 aromatic carbocycles. The van der Waals surface area contributed by atoms with E-state index in [9.17, 15) is 9.59 Å². The lowest BCUT2D eigenvalue weighted by atomic mass is 9.97. The molecule has 0 spiro atoms. The third kappa shape index (κ3) is 1.91. The first-order valence-electron chi connectivity index (χ1n) is 5.22. The Morgan fingerprint density at radius 3 is 2.56 bits per heavy atom. The van der Waals surface area contributed by atoms with Crippen molar-refractivity contribution in [2.24, 2.45) is 0 Å². The highest BCUT2D eigenvalue weighted by atomic mass is 16.4. The van der Waals surface area contributed by atoms with Crippen LogP contribution in [0.1, 0.15) is 17.9 Å². The normalized spacial score (nSPS) is 24.4. The molecule has 0 saturated carbocycles. The summed E-state index contributed by atoms with van der Waals surface area (Å²) in [4.78, 5) is 22.9. The van der Waals surface area contributed by atoms with Gasteiger partial charge in [0.05, 0.1) is 6.04 Å².